The third-order valence-corrected chi connectivity index (χ3v) is 3.46. The third-order valence-electron chi connectivity index (χ3n) is 3.16. The fourth-order valence-corrected chi connectivity index (χ4v) is 2.37. The maximum Gasteiger partial charge on any atom is 0.271 e. The smallest absolute Gasteiger partial charge is 0.271 e. The van der Waals surface area contributed by atoms with Crippen LogP contribution in [0.4, 0.5) is 11.4 Å². The summed E-state index contributed by atoms with van der Waals surface area (Å²) in [5.41, 5.74) is 0.322. The molecule has 1 aromatic carbocycles. The van der Waals surface area contributed by atoms with Gasteiger partial charge in [0.2, 0.25) is 0 Å². The van der Waals surface area contributed by atoms with Gasteiger partial charge in [-0.2, -0.15) is 0 Å². The standard InChI is InChI=1S/C12H15ClN2O4/c1-8-4-9(15(17)18)5-10(13)11(8)14-6-12(16)2-3-19-7-12/h4-5,14,16H,2-3,6-7H2,1H3/t12-/m0/s1. The summed E-state index contributed by atoms with van der Waals surface area (Å²) in [6, 6.07) is 2.75. The van der Waals surface area contributed by atoms with E-state index >= 15 is 0 Å². The van der Waals surface area contributed by atoms with Crippen LogP contribution in [0.1, 0.15) is 12.0 Å². The highest BCUT2D eigenvalue weighted by Gasteiger charge is 2.32. The number of nitro groups is 1. The lowest BCUT2D eigenvalue weighted by Crippen LogP contribution is -2.37. The molecule has 104 valence electrons. The van der Waals surface area contributed by atoms with Gasteiger partial charge < -0.3 is 15.2 Å². The molecule has 1 atom stereocenters. The van der Waals surface area contributed by atoms with Gasteiger partial charge in [0.25, 0.3) is 5.69 Å². The van der Waals surface area contributed by atoms with E-state index < -0.39 is 10.5 Å². The van der Waals surface area contributed by atoms with Crippen molar-refractivity contribution in [3.05, 3.63) is 32.8 Å². The second kappa shape index (κ2) is 5.32. The zero-order valence-corrected chi connectivity index (χ0v) is 11.2. The van der Waals surface area contributed by atoms with Gasteiger partial charge in [0.15, 0.2) is 0 Å². The van der Waals surface area contributed by atoms with Crippen molar-refractivity contribution < 1.29 is 14.8 Å². The van der Waals surface area contributed by atoms with Crippen LogP contribution >= 0.6 is 11.6 Å². The molecule has 1 aromatic rings. The molecular formula is C12H15ClN2O4. The summed E-state index contributed by atoms with van der Waals surface area (Å²) in [4.78, 5) is 10.2. The van der Waals surface area contributed by atoms with Crippen molar-refractivity contribution in [1.82, 2.24) is 0 Å². The quantitative estimate of drug-likeness (QED) is 0.654. The van der Waals surface area contributed by atoms with Crippen molar-refractivity contribution in [2.75, 3.05) is 25.1 Å². The largest absolute Gasteiger partial charge is 0.386 e. The molecule has 0 saturated carbocycles. The Hall–Kier alpha value is -1.37. The van der Waals surface area contributed by atoms with Crippen molar-refractivity contribution in [1.29, 1.82) is 0 Å². The molecular weight excluding hydrogens is 272 g/mol. The van der Waals surface area contributed by atoms with E-state index in [1.165, 1.54) is 12.1 Å². The highest BCUT2D eigenvalue weighted by atomic mass is 35.5. The van der Waals surface area contributed by atoms with Crippen molar-refractivity contribution in [3.63, 3.8) is 0 Å². The van der Waals surface area contributed by atoms with Crippen LogP contribution in [0.3, 0.4) is 0 Å². The summed E-state index contributed by atoms with van der Waals surface area (Å²) in [6.07, 6.45) is 0.559. The van der Waals surface area contributed by atoms with E-state index in [4.69, 9.17) is 16.3 Å². The molecule has 7 heteroatoms. The highest BCUT2D eigenvalue weighted by Crippen LogP contribution is 2.31. The Labute approximate surface area is 115 Å². The van der Waals surface area contributed by atoms with Gasteiger partial charge in [-0.1, -0.05) is 11.6 Å². The zero-order chi connectivity index (χ0) is 14.0. The maximum atomic E-state index is 10.7. The number of nitro benzene ring substituents is 1. The van der Waals surface area contributed by atoms with Gasteiger partial charge >= 0.3 is 0 Å². The Kier molecular flexibility index (Phi) is 3.93. The maximum absolute atomic E-state index is 10.7. The number of aryl methyl sites for hydroxylation is 1. The first kappa shape index (κ1) is 14.0. The molecule has 0 spiro atoms. The second-order valence-electron chi connectivity index (χ2n) is 4.76. The Morgan fingerprint density at radius 2 is 2.37 bits per heavy atom. The normalized spacial score (nSPS) is 22.5. The molecule has 0 radical (unpaired) electrons. The molecule has 0 aliphatic carbocycles. The summed E-state index contributed by atoms with van der Waals surface area (Å²) in [5.74, 6) is 0. The van der Waals surface area contributed by atoms with Crippen LogP contribution in [0.25, 0.3) is 0 Å². The number of nitrogens with one attached hydrogen (secondary N) is 1. The van der Waals surface area contributed by atoms with Gasteiger partial charge in [-0.05, 0) is 12.5 Å². The molecule has 0 amide bonds. The van der Waals surface area contributed by atoms with Crippen LogP contribution in [0.15, 0.2) is 12.1 Å². The van der Waals surface area contributed by atoms with E-state index in [1.54, 1.807) is 6.92 Å². The van der Waals surface area contributed by atoms with Gasteiger partial charge in [-0.25, -0.2) is 0 Å². The number of anilines is 1. The molecule has 2 N–H and O–H groups in total. The number of hydrogen-bond acceptors (Lipinski definition) is 5. The lowest BCUT2D eigenvalue weighted by Gasteiger charge is -2.22. The van der Waals surface area contributed by atoms with Crippen molar-refractivity contribution in [3.8, 4) is 0 Å². The molecule has 2 rings (SSSR count). The van der Waals surface area contributed by atoms with E-state index in [9.17, 15) is 15.2 Å². The summed E-state index contributed by atoms with van der Waals surface area (Å²) in [5, 5.41) is 24.2. The number of benzene rings is 1. The predicted octanol–water partition coefficient (Wildman–Crippen LogP) is 2.12. The molecule has 1 aliphatic heterocycles. The summed E-state index contributed by atoms with van der Waals surface area (Å²) < 4.78 is 5.15. The van der Waals surface area contributed by atoms with E-state index in [2.05, 4.69) is 5.32 Å². The average molecular weight is 287 g/mol. The third kappa shape index (κ3) is 3.15. The van der Waals surface area contributed by atoms with Crippen LogP contribution in [0.5, 0.6) is 0 Å². The number of rotatable bonds is 4. The van der Waals surface area contributed by atoms with Gasteiger partial charge in [0, 0.05) is 31.7 Å². The summed E-state index contributed by atoms with van der Waals surface area (Å²) in [6.45, 7) is 2.84. The minimum absolute atomic E-state index is 0.0454. The number of aliphatic hydroxyl groups is 1. The number of ether oxygens (including phenoxy) is 1. The van der Waals surface area contributed by atoms with E-state index in [0.29, 0.717) is 30.8 Å². The molecule has 1 aliphatic rings. The first-order valence-corrected chi connectivity index (χ1v) is 6.28. The van der Waals surface area contributed by atoms with E-state index in [1.807, 2.05) is 0 Å². The van der Waals surface area contributed by atoms with Crippen LogP contribution < -0.4 is 5.32 Å². The second-order valence-corrected chi connectivity index (χ2v) is 5.16. The SMILES string of the molecule is Cc1cc([N+](=O)[O-])cc(Cl)c1NC[C@@]1(O)CCOC1. The lowest BCUT2D eigenvalue weighted by molar-refractivity contribution is -0.384. The molecule has 1 heterocycles. The number of nitrogens with zero attached hydrogens (tertiary/aromatic N) is 1. The molecule has 0 unspecified atom stereocenters. The van der Waals surface area contributed by atoms with Crippen LogP contribution in [-0.4, -0.2) is 35.4 Å². The van der Waals surface area contributed by atoms with Crippen molar-refractivity contribution in [2.45, 2.75) is 18.9 Å². The van der Waals surface area contributed by atoms with Crippen LogP contribution in [0.2, 0.25) is 5.02 Å². The topological polar surface area (TPSA) is 84.6 Å². The summed E-state index contributed by atoms with van der Waals surface area (Å²) in [7, 11) is 0. The number of hydrogen-bond donors (Lipinski definition) is 2. The minimum atomic E-state index is -0.905. The molecule has 1 saturated heterocycles. The van der Waals surface area contributed by atoms with Crippen LogP contribution in [0, 0.1) is 17.0 Å². The predicted molar refractivity (Wildman–Crippen MR) is 71.7 cm³/mol. The molecule has 1 fully saturated rings. The van der Waals surface area contributed by atoms with Crippen molar-refractivity contribution >= 4 is 23.0 Å². The van der Waals surface area contributed by atoms with E-state index in [-0.39, 0.29) is 17.3 Å². The highest BCUT2D eigenvalue weighted by molar-refractivity contribution is 6.33. The van der Waals surface area contributed by atoms with Gasteiger partial charge in [0.05, 0.1) is 22.2 Å². The number of halogens is 1. The molecule has 0 aromatic heterocycles. The fourth-order valence-electron chi connectivity index (χ4n) is 2.04. The van der Waals surface area contributed by atoms with Gasteiger partial charge in [0.1, 0.15) is 5.60 Å². The zero-order valence-electron chi connectivity index (χ0n) is 10.5. The Morgan fingerprint density at radius 3 is 2.89 bits per heavy atom. The van der Waals surface area contributed by atoms with Gasteiger partial charge in [-0.3, -0.25) is 10.1 Å². The summed E-state index contributed by atoms with van der Waals surface area (Å²) >= 11 is 6.03. The molecule has 0 bridgehead atoms. The monoisotopic (exact) mass is 286 g/mol. The number of non-ortho nitro benzene ring substituents is 1. The first-order chi connectivity index (χ1) is 8.91. The minimum Gasteiger partial charge on any atom is -0.386 e. The van der Waals surface area contributed by atoms with Crippen LogP contribution in [-0.2, 0) is 4.74 Å². The Bertz CT molecular complexity index is 477. The van der Waals surface area contributed by atoms with E-state index in [0.717, 1.165) is 0 Å². The van der Waals surface area contributed by atoms with Crippen molar-refractivity contribution in [2.24, 2.45) is 0 Å². The van der Waals surface area contributed by atoms with Gasteiger partial charge in [-0.15, -0.1) is 0 Å². The Balaban J connectivity index is 2.14. The first-order valence-electron chi connectivity index (χ1n) is 5.90. The lowest BCUT2D eigenvalue weighted by atomic mass is 10.0. The molecule has 6 nitrogen and oxygen atoms in total. The Morgan fingerprint density at radius 1 is 1.63 bits per heavy atom. The average Bonchev–Trinajstić information content (AvgIpc) is 2.75. The fraction of sp³-hybridized carbons (Fsp3) is 0.500. The molecule has 19 heavy (non-hydrogen) atoms.